The molecule has 2 aliphatic rings. The van der Waals surface area contributed by atoms with Crippen molar-refractivity contribution in [2.75, 3.05) is 36.0 Å². The summed E-state index contributed by atoms with van der Waals surface area (Å²) in [7, 11) is -3.66. The van der Waals surface area contributed by atoms with Gasteiger partial charge in [0.1, 0.15) is 11.9 Å². The molecule has 0 amide bonds. The average Bonchev–Trinajstić information content (AvgIpc) is 3.42. The van der Waals surface area contributed by atoms with Crippen LogP contribution in [0.15, 0.2) is 53.4 Å². The van der Waals surface area contributed by atoms with Crippen LogP contribution >= 0.6 is 11.6 Å². The molecule has 2 saturated heterocycles. The molecule has 15 heteroatoms. The molecule has 0 saturated carbocycles. The molecule has 0 bridgehead atoms. The Labute approximate surface area is 270 Å². The van der Waals surface area contributed by atoms with Gasteiger partial charge in [-0.3, -0.25) is 4.79 Å². The molecule has 10 nitrogen and oxygen atoms in total. The summed E-state index contributed by atoms with van der Waals surface area (Å²) in [5, 5.41) is 12.6. The molecule has 0 radical (unpaired) electrons. The number of carboxylic acids is 1. The second kappa shape index (κ2) is 13.2. The second-order valence-electron chi connectivity index (χ2n) is 11.9. The van der Waals surface area contributed by atoms with Crippen LogP contribution in [0.4, 0.5) is 24.9 Å². The lowest BCUT2D eigenvalue weighted by molar-refractivity contribution is -0.198. The number of sulfone groups is 1. The van der Waals surface area contributed by atoms with E-state index in [4.69, 9.17) is 22.1 Å². The molecule has 0 aliphatic carbocycles. The van der Waals surface area contributed by atoms with E-state index in [0.717, 1.165) is 0 Å². The SMILES string of the molecule is CCCCS(=O)(=O)c1cccc(-c2cc(Cl)ccc2C(Oc2cc(N3CCC4(CC3)CNC(C(=O)O)C4)nc(N)n2)C(F)(F)F)c1. The molecule has 4 N–H and O–H groups in total. The molecule has 5 rings (SSSR count). The number of halogens is 4. The second-order valence-corrected chi connectivity index (χ2v) is 14.4. The number of nitrogens with two attached hydrogens (primary N) is 1. The Hall–Kier alpha value is -3.62. The molecule has 46 heavy (non-hydrogen) atoms. The lowest BCUT2D eigenvalue weighted by Crippen LogP contribution is -2.41. The number of aromatic nitrogens is 2. The Bertz CT molecular complexity index is 1700. The molecule has 2 fully saturated rings. The van der Waals surface area contributed by atoms with Gasteiger partial charge >= 0.3 is 12.1 Å². The molecular weight excluding hydrogens is 647 g/mol. The quantitative estimate of drug-likeness (QED) is 0.245. The van der Waals surface area contributed by atoms with E-state index < -0.39 is 40.0 Å². The normalized spacial score (nSPS) is 18.9. The zero-order valence-electron chi connectivity index (χ0n) is 25.1. The number of anilines is 2. The number of rotatable bonds is 10. The summed E-state index contributed by atoms with van der Waals surface area (Å²) in [5.41, 5.74) is 5.73. The molecular formula is C31H35ClF3N5O5S. The standard InChI is InChI=1S/C31H35ClF3N5O5S/c1-2-3-13-46(43,44)21-6-4-5-19(14-21)23-15-20(32)7-8-22(23)27(31(33,34)35)45-26-16-25(38-29(36)39-26)40-11-9-30(10-12-40)17-24(28(41)42)37-18-30/h4-8,14-16,24,27,37H,2-3,9-13,17-18H2,1H3,(H,41,42)(H2,36,38,39). The van der Waals surface area contributed by atoms with Crippen LogP contribution in [0.2, 0.25) is 5.02 Å². The third-order valence-electron chi connectivity index (χ3n) is 8.62. The fraction of sp³-hybridized carbons (Fsp3) is 0.452. The number of carbonyl (C=O) groups is 1. The number of nitrogens with one attached hydrogen (secondary N) is 1. The smallest absolute Gasteiger partial charge is 0.429 e. The van der Waals surface area contributed by atoms with Gasteiger partial charge in [-0.1, -0.05) is 43.1 Å². The predicted molar refractivity (Wildman–Crippen MR) is 168 cm³/mol. The summed E-state index contributed by atoms with van der Waals surface area (Å²) in [6, 6.07) is 10.3. The minimum Gasteiger partial charge on any atom is -0.480 e. The van der Waals surface area contributed by atoms with E-state index in [1.165, 1.54) is 48.5 Å². The van der Waals surface area contributed by atoms with Crippen LogP contribution in [0, 0.1) is 5.41 Å². The molecule has 2 aliphatic heterocycles. The summed E-state index contributed by atoms with van der Waals surface area (Å²) < 4.78 is 75.5. The number of benzene rings is 2. The molecule has 1 spiro atoms. The number of alkyl halides is 3. The Kier molecular flexibility index (Phi) is 9.71. The maximum atomic E-state index is 14.7. The zero-order valence-corrected chi connectivity index (χ0v) is 26.6. The van der Waals surface area contributed by atoms with Crippen LogP contribution < -0.4 is 20.7 Å². The molecule has 1 aromatic heterocycles. The topological polar surface area (TPSA) is 148 Å². The number of nitrogen functional groups attached to an aromatic ring is 1. The van der Waals surface area contributed by atoms with Crippen molar-refractivity contribution in [3.05, 3.63) is 59.1 Å². The van der Waals surface area contributed by atoms with Gasteiger partial charge in [0.2, 0.25) is 17.9 Å². The Morgan fingerprint density at radius 3 is 2.59 bits per heavy atom. The first-order chi connectivity index (χ1) is 21.7. The number of unbranched alkanes of at least 4 members (excludes halogenated alkanes) is 1. The van der Waals surface area contributed by atoms with E-state index in [9.17, 15) is 31.5 Å². The minimum atomic E-state index is -4.92. The van der Waals surface area contributed by atoms with E-state index >= 15 is 0 Å². The van der Waals surface area contributed by atoms with Crippen molar-refractivity contribution in [2.24, 2.45) is 5.41 Å². The number of nitrogens with zero attached hydrogens (tertiary/aromatic N) is 3. The van der Waals surface area contributed by atoms with Gasteiger partial charge < -0.3 is 25.8 Å². The zero-order chi connectivity index (χ0) is 33.3. The van der Waals surface area contributed by atoms with Crippen molar-refractivity contribution in [3.8, 4) is 17.0 Å². The average molecular weight is 682 g/mol. The summed E-state index contributed by atoms with van der Waals surface area (Å²) in [6.07, 6.45) is -4.48. The van der Waals surface area contributed by atoms with Gasteiger partial charge in [-0.05, 0) is 66.5 Å². The van der Waals surface area contributed by atoms with Crippen molar-refractivity contribution in [2.45, 2.75) is 62.2 Å². The summed E-state index contributed by atoms with van der Waals surface area (Å²) in [5.74, 6) is -1.35. The summed E-state index contributed by atoms with van der Waals surface area (Å²) >= 11 is 6.22. The fourth-order valence-electron chi connectivity index (χ4n) is 6.08. The fourth-order valence-corrected chi connectivity index (χ4v) is 7.75. The van der Waals surface area contributed by atoms with Crippen molar-refractivity contribution in [3.63, 3.8) is 0 Å². The highest BCUT2D eigenvalue weighted by Crippen LogP contribution is 2.43. The van der Waals surface area contributed by atoms with Crippen LogP contribution in [0.1, 0.15) is 50.7 Å². The van der Waals surface area contributed by atoms with Gasteiger partial charge in [-0.15, -0.1) is 0 Å². The maximum absolute atomic E-state index is 14.7. The van der Waals surface area contributed by atoms with Crippen molar-refractivity contribution in [1.82, 2.24) is 15.3 Å². The Morgan fingerprint density at radius 2 is 1.93 bits per heavy atom. The number of ether oxygens (including phenoxy) is 1. The van der Waals surface area contributed by atoms with Gasteiger partial charge in [0.05, 0.1) is 10.6 Å². The van der Waals surface area contributed by atoms with Crippen LogP contribution in [0.5, 0.6) is 5.88 Å². The minimum absolute atomic E-state index is 0.00255. The van der Waals surface area contributed by atoms with Gasteiger partial charge in [0.25, 0.3) is 0 Å². The number of piperidine rings is 1. The van der Waals surface area contributed by atoms with E-state index in [1.807, 2.05) is 11.8 Å². The predicted octanol–water partition coefficient (Wildman–Crippen LogP) is 5.67. The highest BCUT2D eigenvalue weighted by atomic mass is 35.5. The molecule has 2 unspecified atom stereocenters. The van der Waals surface area contributed by atoms with Crippen LogP contribution in [-0.4, -0.2) is 67.1 Å². The monoisotopic (exact) mass is 681 g/mol. The highest BCUT2D eigenvalue weighted by Gasteiger charge is 2.46. The maximum Gasteiger partial charge on any atom is 0.429 e. The molecule has 2 aromatic carbocycles. The number of aliphatic carboxylic acids is 1. The number of hydrogen-bond acceptors (Lipinski definition) is 9. The Balaban J connectivity index is 1.44. The summed E-state index contributed by atoms with van der Waals surface area (Å²) in [4.78, 5) is 21.5. The van der Waals surface area contributed by atoms with Gasteiger partial charge in [-0.25, -0.2) is 8.42 Å². The number of hydrogen-bond donors (Lipinski definition) is 3. The number of carboxylic acid groups (broad SMARTS) is 1. The van der Waals surface area contributed by atoms with E-state index in [-0.39, 0.29) is 43.7 Å². The first-order valence-corrected chi connectivity index (χ1v) is 16.9. The van der Waals surface area contributed by atoms with Gasteiger partial charge in [-0.2, -0.15) is 23.1 Å². The molecule has 3 aromatic rings. The van der Waals surface area contributed by atoms with Crippen LogP contribution in [0.3, 0.4) is 0 Å². The van der Waals surface area contributed by atoms with Crippen molar-refractivity contribution >= 4 is 39.2 Å². The van der Waals surface area contributed by atoms with E-state index in [1.54, 1.807) is 0 Å². The molecule has 2 atom stereocenters. The summed E-state index contributed by atoms with van der Waals surface area (Å²) in [6.45, 7) is 3.42. The Morgan fingerprint density at radius 1 is 1.20 bits per heavy atom. The van der Waals surface area contributed by atoms with Gasteiger partial charge in [0.15, 0.2) is 9.84 Å². The lowest BCUT2D eigenvalue weighted by atomic mass is 9.76. The lowest BCUT2D eigenvalue weighted by Gasteiger charge is -2.39. The first-order valence-electron chi connectivity index (χ1n) is 14.9. The first kappa shape index (κ1) is 33.7. The largest absolute Gasteiger partial charge is 0.480 e. The highest BCUT2D eigenvalue weighted by molar-refractivity contribution is 7.91. The van der Waals surface area contributed by atoms with Crippen molar-refractivity contribution in [1.29, 1.82) is 0 Å². The molecule has 248 valence electrons. The van der Waals surface area contributed by atoms with Crippen molar-refractivity contribution < 1.29 is 36.2 Å². The molecule has 3 heterocycles. The van der Waals surface area contributed by atoms with Crippen LogP contribution in [0.25, 0.3) is 11.1 Å². The van der Waals surface area contributed by atoms with Gasteiger partial charge in [0, 0.05) is 36.3 Å². The third kappa shape index (κ3) is 7.50. The third-order valence-corrected chi connectivity index (χ3v) is 10.7. The van der Waals surface area contributed by atoms with E-state index in [2.05, 4.69) is 15.3 Å². The van der Waals surface area contributed by atoms with E-state index in [0.29, 0.717) is 57.6 Å². The van der Waals surface area contributed by atoms with Crippen LogP contribution in [-0.2, 0) is 14.6 Å².